The summed E-state index contributed by atoms with van der Waals surface area (Å²) < 4.78 is 0. The number of thiophene rings is 1. The van der Waals surface area contributed by atoms with Crippen molar-refractivity contribution in [1.82, 2.24) is 9.97 Å². The van der Waals surface area contributed by atoms with E-state index in [-0.39, 0.29) is 0 Å². The lowest BCUT2D eigenvalue weighted by molar-refractivity contribution is 0.0572. The van der Waals surface area contributed by atoms with Crippen molar-refractivity contribution in [2.75, 3.05) is 29.9 Å². The molecule has 7 heteroatoms. The van der Waals surface area contributed by atoms with Crippen LogP contribution >= 0.6 is 11.3 Å². The van der Waals surface area contributed by atoms with Crippen molar-refractivity contribution in [1.29, 1.82) is 0 Å². The maximum absolute atomic E-state index is 9.71. The number of anilines is 2. The van der Waals surface area contributed by atoms with E-state index in [2.05, 4.69) is 22.2 Å². The van der Waals surface area contributed by atoms with E-state index in [1.165, 1.54) is 0 Å². The van der Waals surface area contributed by atoms with Crippen LogP contribution < -0.4 is 10.2 Å². The minimum Gasteiger partial charge on any atom is -0.389 e. The summed E-state index contributed by atoms with van der Waals surface area (Å²) >= 11 is 1.57. The Morgan fingerprint density at radius 3 is 2.80 bits per heavy atom. The molecule has 1 aliphatic rings. The molecule has 0 aliphatic carbocycles. The number of rotatable bonds is 4. The topological polar surface area (TPSA) is 81.5 Å². The van der Waals surface area contributed by atoms with Crippen LogP contribution in [0.1, 0.15) is 13.3 Å². The summed E-state index contributed by atoms with van der Waals surface area (Å²) in [6, 6.07) is 1.98. The van der Waals surface area contributed by atoms with Crippen molar-refractivity contribution >= 4 is 33.3 Å². The molecule has 2 aromatic heterocycles. The fourth-order valence-electron chi connectivity index (χ4n) is 2.34. The lowest BCUT2D eigenvalue weighted by Gasteiger charge is -2.18. The highest BCUT2D eigenvalue weighted by Gasteiger charge is 2.31. The summed E-state index contributed by atoms with van der Waals surface area (Å²) in [5.41, 5.74) is 0. The Morgan fingerprint density at radius 1 is 1.35 bits per heavy atom. The van der Waals surface area contributed by atoms with Gasteiger partial charge in [0.15, 0.2) is 0 Å². The van der Waals surface area contributed by atoms with E-state index >= 15 is 0 Å². The van der Waals surface area contributed by atoms with Gasteiger partial charge in [-0.25, -0.2) is 4.98 Å². The molecule has 3 heterocycles. The number of hydrogen-bond acceptors (Lipinski definition) is 7. The van der Waals surface area contributed by atoms with Crippen molar-refractivity contribution in [3.63, 3.8) is 0 Å². The number of aliphatic hydroxyl groups is 2. The van der Waals surface area contributed by atoms with Crippen LogP contribution in [0, 0.1) is 0 Å². The molecule has 0 aromatic carbocycles. The van der Waals surface area contributed by atoms with Gasteiger partial charge in [0.1, 0.15) is 10.6 Å². The summed E-state index contributed by atoms with van der Waals surface area (Å²) in [6.45, 7) is 3.71. The Morgan fingerprint density at radius 2 is 2.10 bits per heavy atom. The van der Waals surface area contributed by atoms with E-state index in [4.69, 9.17) is 0 Å². The second-order valence-corrected chi connectivity index (χ2v) is 5.87. The van der Waals surface area contributed by atoms with Crippen molar-refractivity contribution < 1.29 is 10.2 Å². The van der Waals surface area contributed by atoms with E-state index in [0.717, 1.165) is 29.0 Å². The molecular formula is C13H18N4O2S. The third kappa shape index (κ3) is 2.44. The highest BCUT2D eigenvalue weighted by atomic mass is 32.1. The zero-order valence-electron chi connectivity index (χ0n) is 11.3. The quantitative estimate of drug-likeness (QED) is 0.782. The smallest absolute Gasteiger partial charge is 0.226 e. The number of β-amino-alcohol motifs (C(OH)–C–C–N with tert-alkyl or cyclic N) is 2. The Hall–Kier alpha value is -1.44. The Balaban J connectivity index is 1.97. The fourth-order valence-corrected chi connectivity index (χ4v) is 3.10. The first-order chi connectivity index (χ1) is 9.69. The Labute approximate surface area is 121 Å². The molecule has 0 bridgehead atoms. The zero-order chi connectivity index (χ0) is 14.1. The van der Waals surface area contributed by atoms with Gasteiger partial charge >= 0.3 is 0 Å². The first-order valence-electron chi connectivity index (χ1n) is 6.79. The largest absolute Gasteiger partial charge is 0.389 e. The van der Waals surface area contributed by atoms with Crippen LogP contribution in [0.5, 0.6) is 0 Å². The summed E-state index contributed by atoms with van der Waals surface area (Å²) in [6.07, 6.45) is -0.432. The first-order valence-corrected chi connectivity index (χ1v) is 7.67. The van der Waals surface area contributed by atoms with E-state index in [1.54, 1.807) is 11.3 Å². The second-order valence-electron chi connectivity index (χ2n) is 4.98. The van der Waals surface area contributed by atoms with E-state index in [9.17, 15) is 10.2 Å². The normalized spacial score (nSPS) is 22.6. The van der Waals surface area contributed by atoms with Crippen molar-refractivity contribution in [2.45, 2.75) is 25.6 Å². The lowest BCUT2D eigenvalue weighted by atomic mass is 10.3. The Kier molecular flexibility index (Phi) is 3.73. The fraction of sp³-hybridized carbons (Fsp3) is 0.538. The highest BCUT2D eigenvalue weighted by molar-refractivity contribution is 7.16. The van der Waals surface area contributed by atoms with E-state index < -0.39 is 12.2 Å². The van der Waals surface area contributed by atoms with Crippen LogP contribution in [-0.4, -0.2) is 52.0 Å². The predicted molar refractivity (Wildman–Crippen MR) is 80.4 cm³/mol. The summed E-state index contributed by atoms with van der Waals surface area (Å²) in [4.78, 5) is 11.9. The van der Waals surface area contributed by atoms with Crippen molar-refractivity contribution in [3.8, 4) is 0 Å². The van der Waals surface area contributed by atoms with Crippen LogP contribution in [0.25, 0.3) is 10.2 Å². The average molecular weight is 294 g/mol. The first kappa shape index (κ1) is 13.5. The van der Waals surface area contributed by atoms with Gasteiger partial charge in [-0.05, 0) is 17.9 Å². The molecule has 1 aliphatic heterocycles. The minimum atomic E-state index is -0.717. The number of hydrogen-bond donors (Lipinski definition) is 3. The number of nitrogens with one attached hydrogen (secondary N) is 1. The monoisotopic (exact) mass is 294 g/mol. The predicted octanol–water partition coefficient (Wildman–Crippen LogP) is 1.05. The standard InChI is InChI=1S/C13H18N4O2S/c1-2-4-14-13-15-11(8-3-5-20-12(8)16-13)17-6-9(18)10(19)7-17/h3,5,9-10,18-19H,2,4,6-7H2,1H3,(H,14,15,16). The average Bonchev–Trinajstić information content (AvgIpc) is 3.03. The third-order valence-electron chi connectivity index (χ3n) is 3.40. The van der Waals surface area contributed by atoms with Gasteiger partial charge in [0.05, 0.1) is 17.6 Å². The molecule has 6 nitrogen and oxygen atoms in total. The second kappa shape index (κ2) is 5.51. The molecule has 0 saturated carbocycles. The summed E-state index contributed by atoms with van der Waals surface area (Å²) in [5, 5.41) is 25.6. The van der Waals surface area contributed by atoms with Gasteiger partial charge < -0.3 is 20.4 Å². The minimum absolute atomic E-state index is 0.399. The maximum atomic E-state index is 9.71. The summed E-state index contributed by atoms with van der Waals surface area (Å²) in [7, 11) is 0. The molecule has 0 spiro atoms. The SMILES string of the molecule is CCCNc1nc(N2CC(O)C(O)C2)c2ccsc2n1. The Bertz CT molecular complexity index is 593. The van der Waals surface area contributed by atoms with E-state index in [1.807, 2.05) is 16.3 Å². The van der Waals surface area contributed by atoms with Gasteiger partial charge in [-0.2, -0.15) is 4.98 Å². The zero-order valence-corrected chi connectivity index (χ0v) is 12.1. The molecule has 2 aromatic rings. The number of nitrogens with zero attached hydrogens (tertiary/aromatic N) is 3. The molecule has 2 atom stereocenters. The number of aliphatic hydroxyl groups excluding tert-OH is 2. The van der Waals surface area contributed by atoms with Gasteiger partial charge in [0.2, 0.25) is 5.95 Å². The number of fused-ring (bicyclic) bond motifs is 1. The van der Waals surface area contributed by atoms with Crippen LogP contribution in [-0.2, 0) is 0 Å². The molecule has 20 heavy (non-hydrogen) atoms. The van der Waals surface area contributed by atoms with Gasteiger partial charge in [-0.3, -0.25) is 0 Å². The number of aromatic nitrogens is 2. The van der Waals surface area contributed by atoms with Gasteiger partial charge in [0, 0.05) is 19.6 Å². The van der Waals surface area contributed by atoms with Crippen LogP contribution in [0.3, 0.4) is 0 Å². The molecule has 3 rings (SSSR count). The molecule has 1 fully saturated rings. The molecule has 108 valence electrons. The van der Waals surface area contributed by atoms with Gasteiger partial charge in [0.25, 0.3) is 0 Å². The maximum Gasteiger partial charge on any atom is 0.226 e. The molecule has 0 radical (unpaired) electrons. The molecular weight excluding hydrogens is 276 g/mol. The van der Waals surface area contributed by atoms with E-state index in [0.29, 0.717) is 19.0 Å². The van der Waals surface area contributed by atoms with Crippen molar-refractivity contribution in [2.24, 2.45) is 0 Å². The summed E-state index contributed by atoms with van der Waals surface area (Å²) in [5.74, 6) is 1.39. The highest BCUT2D eigenvalue weighted by Crippen LogP contribution is 2.31. The molecule has 2 unspecified atom stereocenters. The molecule has 1 saturated heterocycles. The van der Waals surface area contributed by atoms with Crippen LogP contribution in [0.15, 0.2) is 11.4 Å². The molecule has 0 amide bonds. The van der Waals surface area contributed by atoms with Gasteiger partial charge in [-0.1, -0.05) is 6.92 Å². The van der Waals surface area contributed by atoms with Crippen LogP contribution in [0.2, 0.25) is 0 Å². The van der Waals surface area contributed by atoms with Crippen molar-refractivity contribution in [3.05, 3.63) is 11.4 Å². The van der Waals surface area contributed by atoms with Gasteiger partial charge in [-0.15, -0.1) is 11.3 Å². The van der Waals surface area contributed by atoms with Crippen LogP contribution in [0.4, 0.5) is 11.8 Å². The third-order valence-corrected chi connectivity index (χ3v) is 4.20. The lowest BCUT2D eigenvalue weighted by Crippen LogP contribution is -2.23. The molecule has 3 N–H and O–H groups in total.